The molecule has 0 aliphatic rings. The quantitative estimate of drug-likeness (QED) is 0.916. The average molecular weight is 255 g/mol. The van der Waals surface area contributed by atoms with E-state index >= 15 is 0 Å². The first-order valence-corrected chi connectivity index (χ1v) is 6.35. The topological polar surface area (TPSA) is 51.8 Å². The van der Waals surface area contributed by atoms with E-state index in [0.29, 0.717) is 4.90 Å². The first-order chi connectivity index (χ1) is 7.66. The molecular formula is C10H10FN3S2. The molecule has 2 aromatic rings. The fourth-order valence-corrected chi connectivity index (χ4v) is 2.62. The van der Waals surface area contributed by atoms with Crippen LogP contribution >= 0.6 is 23.1 Å². The molecule has 6 heteroatoms. The molecule has 0 saturated heterocycles. The summed E-state index contributed by atoms with van der Waals surface area (Å²) in [6, 6.07) is 4.86. The van der Waals surface area contributed by atoms with Crippen molar-refractivity contribution in [1.29, 1.82) is 0 Å². The molecule has 1 heterocycles. The molecule has 2 rings (SSSR count). The van der Waals surface area contributed by atoms with Crippen LogP contribution in [0.5, 0.6) is 0 Å². The van der Waals surface area contributed by atoms with Gasteiger partial charge >= 0.3 is 0 Å². The standard InChI is InChI=1S/C10H10FN3S2/c1-6(12)7-2-3-9(8(11)4-7)16-10-14-13-5-15-10/h2-6H,12H2,1H3/t6-/m0/s1. The van der Waals surface area contributed by atoms with E-state index in [2.05, 4.69) is 10.2 Å². The molecule has 0 spiro atoms. The molecular weight excluding hydrogens is 245 g/mol. The highest BCUT2D eigenvalue weighted by molar-refractivity contribution is 8.01. The van der Waals surface area contributed by atoms with Crippen molar-refractivity contribution in [2.45, 2.75) is 22.2 Å². The van der Waals surface area contributed by atoms with Crippen LogP contribution in [-0.4, -0.2) is 10.2 Å². The molecule has 0 radical (unpaired) electrons. The second-order valence-electron chi connectivity index (χ2n) is 3.29. The Labute approximate surface area is 101 Å². The molecule has 16 heavy (non-hydrogen) atoms. The normalized spacial score (nSPS) is 12.7. The number of nitrogens with two attached hydrogens (primary N) is 1. The lowest BCUT2D eigenvalue weighted by atomic mass is 10.1. The molecule has 3 nitrogen and oxygen atoms in total. The zero-order chi connectivity index (χ0) is 11.5. The monoisotopic (exact) mass is 255 g/mol. The van der Waals surface area contributed by atoms with Crippen LogP contribution in [0.15, 0.2) is 32.9 Å². The highest BCUT2D eigenvalue weighted by Crippen LogP contribution is 2.31. The Morgan fingerprint density at radius 3 is 2.88 bits per heavy atom. The Bertz CT molecular complexity index is 471. The molecule has 0 aliphatic carbocycles. The second-order valence-corrected chi connectivity index (χ2v) is 5.41. The van der Waals surface area contributed by atoms with E-state index in [1.165, 1.54) is 29.2 Å². The second kappa shape index (κ2) is 4.90. The van der Waals surface area contributed by atoms with E-state index in [-0.39, 0.29) is 11.9 Å². The van der Waals surface area contributed by atoms with Gasteiger partial charge in [-0.25, -0.2) is 4.39 Å². The number of nitrogens with zero attached hydrogens (tertiary/aromatic N) is 2. The molecule has 0 bridgehead atoms. The zero-order valence-electron chi connectivity index (χ0n) is 8.55. The first kappa shape index (κ1) is 11.5. The van der Waals surface area contributed by atoms with Gasteiger partial charge in [-0.2, -0.15) is 0 Å². The van der Waals surface area contributed by atoms with Crippen LogP contribution in [0, 0.1) is 5.82 Å². The van der Waals surface area contributed by atoms with E-state index in [4.69, 9.17) is 5.73 Å². The number of rotatable bonds is 3. The van der Waals surface area contributed by atoms with Crippen LogP contribution in [0.25, 0.3) is 0 Å². The average Bonchev–Trinajstić information content (AvgIpc) is 2.73. The minimum Gasteiger partial charge on any atom is -0.324 e. The molecule has 0 saturated carbocycles. The van der Waals surface area contributed by atoms with Gasteiger partial charge in [0.15, 0.2) is 4.34 Å². The van der Waals surface area contributed by atoms with Crippen molar-refractivity contribution in [2.24, 2.45) is 5.73 Å². The van der Waals surface area contributed by atoms with Gasteiger partial charge in [-0.1, -0.05) is 29.2 Å². The number of benzene rings is 1. The van der Waals surface area contributed by atoms with Crippen molar-refractivity contribution >= 4 is 23.1 Å². The molecule has 0 amide bonds. The lowest BCUT2D eigenvalue weighted by molar-refractivity contribution is 0.596. The van der Waals surface area contributed by atoms with Crippen molar-refractivity contribution in [3.63, 3.8) is 0 Å². The SMILES string of the molecule is C[C@H](N)c1ccc(Sc2nncs2)c(F)c1. The predicted octanol–water partition coefficient (Wildman–Crippen LogP) is 2.85. The van der Waals surface area contributed by atoms with Gasteiger partial charge in [0, 0.05) is 6.04 Å². The Kier molecular flexibility index (Phi) is 3.52. The van der Waals surface area contributed by atoms with Gasteiger partial charge in [0.25, 0.3) is 0 Å². The number of hydrogen-bond donors (Lipinski definition) is 1. The van der Waals surface area contributed by atoms with Crippen molar-refractivity contribution in [3.05, 3.63) is 35.1 Å². The summed E-state index contributed by atoms with van der Waals surface area (Å²) in [7, 11) is 0. The Balaban J connectivity index is 2.23. The van der Waals surface area contributed by atoms with Gasteiger partial charge in [0.05, 0.1) is 4.90 Å². The van der Waals surface area contributed by atoms with Crippen LogP contribution in [0.2, 0.25) is 0 Å². The van der Waals surface area contributed by atoms with Crippen molar-refractivity contribution in [1.82, 2.24) is 10.2 Å². The highest BCUT2D eigenvalue weighted by atomic mass is 32.2. The summed E-state index contributed by atoms with van der Waals surface area (Å²) in [5, 5.41) is 7.55. The summed E-state index contributed by atoms with van der Waals surface area (Å²) < 4.78 is 14.4. The fourth-order valence-electron chi connectivity index (χ4n) is 1.18. The van der Waals surface area contributed by atoms with Crippen molar-refractivity contribution in [3.8, 4) is 0 Å². The minimum absolute atomic E-state index is 0.157. The van der Waals surface area contributed by atoms with Gasteiger partial charge in [0.1, 0.15) is 11.3 Å². The Morgan fingerprint density at radius 2 is 2.31 bits per heavy atom. The third kappa shape index (κ3) is 2.58. The summed E-state index contributed by atoms with van der Waals surface area (Å²) >= 11 is 2.66. The van der Waals surface area contributed by atoms with Crippen LogP contribution in [0.3, 0.4) is 0 Å². The van der Waals surface area contributed by atoms with E-state index in [1.54, 1.807) is 11.6 Å². The van der Waals surface area contributed by atoms with Gasteiger partial charge < -0.3 is 5.73 Å². The number of aromatic nitrogens is 2. The summed E-state index contributed by atoms with van der Waals surface area (Å²) in [5.41, 5.74) is 8.09. The van der Waals surface area contributed by atoms with Crippen molar-refractivity contribution < 1.29 is 4.39 Å². The summed E-state index contributed by atoms with van der Waals surface area (Å²) in [5.74, 6) is -0.269. The molecule has 0 aliphatic heterocycles. The highest BCUT2D eigenvalue weighted by Gasteiger charge is 2.09. The van der Waals surface area contributed by atoms with E-state index < -0.39 is 0 Å². The van der Waals surface area contributed by atoms with E-state index in [1.807, 2.05) is 13.0 Å². The fraction of sp³-hybridized carbons (Fsp3) is 0.200. The Hall–Kier alpha value is -0.980. The number of halogens is 1. The van der Waals surface area contributed by atoms with Gasteiger partial charge in [-0.05, 0) is 24.6 Å². The Morgan fingerprint density at radius 1 is 1.50 bits per heavy atom. The minimum atomic E-state index is -0.269. The lowest BCUT2D eigenvalue weighted by Crippen LogP contribution is -2.05. The molecule has 84 valence electrons. The molecule has 0 unspecified atom stereocenters. The molecule has 1 aromatic heterocycles. The maximum atomic E-state index is 13.7. The van der Waals surface area contributed by atoms with Gasteiger partial charge in [0.2, 0.25) is 0 Å². The largest absolute Gasteiger partial charge is 0.324 e. The maximum absolute atomic E-state index is 13.7. The number of hydrogen-bond acceptors (Lipinski definition) is 5. The zero-order valence-corrected chi connectivity index (χ0v) is 10.2. The summed E-state index contributed by atoms with van der Waals surface area (Å²) in [6.45, 7) is 1.83. The van der Waals surface area contributed by atoms with Crippen LogP contribution in [-0.2, 0) is 0 Å². The summed E-state index contributed by atoms with van der Waals surface area (Å²) in [4.78, 5) is 0.543. The predicted molar refractivity (Wildman–Crippen MR) is 63.0 cm³/mol. The van der Waals surface area contributed by atoms with Crippen LogP contribution < -0.4 is 5.73 Å². The maximum Gasteiger partial charge on any atom is 0.178 e. The first-order valence-electron chi connectivity index (χ1n) is 4.66. The van der Waals surface area contributed by atoms with Gasteiger partial charge in [-0.3, -0.25) is 0 Å². The third-order valence-corrected chi connectivity index (χ3v) is 3.85. The van der Waals surface area contributed by atoms with Crippen molar-refractivity contribution in [2.75, 3.05) is 0 Å². The summed E-state index contributed by atoms with van der Waals surface area (Å²) in [6.07, 6.45) is 0. The third-order valence-electron chi connectivity index (χ3n) is 2.02. The van der Waals surface area contributed by atoms with Gasteiger partial charge in [-0.15, -0.1) is 10.2 Å². The van der Waals surface area contributed by atoms with E-state index in [0.717, 1.165) is 9.90 Å². The molecule has 2 N–H and O–H groups in total. The molecule has 1 atom stereocenters. The van der Waals surface area contributed by atoms with E-state index in [9.17, 15) is 4.39 Å². The van der Waals surface area contributed by atoms with Crippen LogP contribution in [0.4, 0.5) is 4.39 Å². The molecule has 1 aromatic carbocycles. The smallest absolute Gasteiger partial charge is 0.178 e. The lowest BCUT2D eigenvalue weighted by Gasteiger charge is -2.07. The molecule has 0 fully saturated rings. The van der Waals surface area contributed by atoms with Crippen LogP contribution in [0.1, 0.15) is 18.5 Å².